The topological polar surface area (TPSA) is 108 Å². The van der Waals surface area contributed by atoms with Gasteiger partial charge in [-0.05, 0) is 56.7 Å². The first-order chi connectivity index (χ1) is 13.6. The van der Waals surface area contributed by atoms with Crippen molar-refractivity contribution in [3.63, 3.8) is 0 Å². The van der Waals surface area contributed by atoms with E-state index in [4.69, 9.17) is 9.47 Å². The Kier molecular flexibility index (Phi) is 6.86. The van der Waals surface area contributed by atoms with E-state index in [0.29, 0.717) is 5.56 Å². The number of hydrogen-bond donors (Lipinski definition) is 1. The summed E-state index contributed by atoms with van der Waals surface area (Å²) in [7, 11) is -1.51. The van der Waals surface area contributed by atoms with Crippen LogP contribution in [0.2, 0.25) is 0 Å². The molecule has 0 saturated heterocycles. The van der Waals surface area contributed by atoms with Crippen molar-refractivity contribution in [2.24, 2.45) is 0 Å². The summed E-state index contributed by atoms with van der Waals surface area (Å²) in [6.45, 7) is 5.02. The van der Waals surface area contributed by atoms with E-state index < -0.39 is 22.0 Å². The highest BCUT2D eigenvalue weighted by atomic mass is 32.2. The van der Waals surface area contributed by atoms with Gasteiger partial charge in [0.15, 0.2) is 0 Å². The standard InChI is InChI=1S/C20H23NO7S/c1-12(2)28-20(23)14-8-9-17(26-4)16(10-14)21-29(24,25)18-11-15(19(22)27-5)7-6-13(18)3/h6-12,21H,1-5H3. The molecule has 0 aromatic heterocycles. The minimum atomic E-state index is -4.10. The van der Waals surface area contributed by atoms with Gasteiger partial charge >= 0.3 is 11.9 Å². The van der Waals surface area contributed by atoms with E-state index in [2.05, 4.69) is 9.46 Å². The Labute approximate surface area is 169 Å². The molecular weight excluding hydrogens is 398 g/mol. The van der Waals surface area contributed by atoms with Gasteiger partial charge in [0.2, 0.25) is 0 Å². The summed E-state index contributed by atoms with van der Waals surface area (Å²) in [5.41, 5.74) is 0.755. The van der Waals surface area contributed by atoms with Crippen LogP contribution in [0, 0.1) is 6.92 Å². The fraction of sp³-hybridized carbons (Fsp3) is 0.300. The maximum atomic E-state index is 13.0. The van der Waals surface area contributed by atoms with Gasteiger partial charge in [-0.2, -0.15) is 0 Å². The van der Waals surface area contributed by atoms with Crippen LogP contribution >= 0.6 is 0 Å². The molecule has 2 aromatic carbocycles. The van der Waals surface area contributed by atoms with Crippen molar-refractivity contribution in [1.82, 2.24) is 0 Å². The molecule has 0 radical (unpaired) electrons. The van der Waals surface area contributed by atoms with Gasteiger partial charge in [0.1, 0.15) is 5.75 Å². The number of aryl methyl sites for hydroxylation is 1. The first-order valence-corrected chi connectivity index (χ1v) is 10.2. The minimum Gasteiger partial charge on any atom is -0.495 e. The molecule has 2 rings (SSSR count). The van der Waals surface area contributed by atoms with Crippen molar-refractivity contribution < 1.29 is 32.2 Å². The van der Waals surface area contributed by atoms with E-state index >= 15 is 0 Å². The molecule has 1 N–H and O–H groups in total. The second-order valence-electron chi connectivity index (χ2n) is 6.45. The fourth-order valence-corrected chi connectivity index (χ4v) is 3.86. The Morgan fingerprint density at radius 1 is 0.966 bits per heavy atom. The number of nitrogens with one attached hydrogen (secondary N) is 1. The van der Waals surface area contributed by atoms with Crippen molar-refractivity contribution in [3.8, 4) is 5.75 Å². The zero-order chi connectivity index (χ0) is 21.8. The van der Waals surface area contributed by atoms with Crippen LogP contribution in [0.4, 0.5) is 5.69 Å². The SMILES string of the molecule is COC(=O)c1ccc(C)c(S(=O)(=O)Nc2cc(C(=O)OC(C)C)ccc2OC)c1. The number of benzene rings is 2. The lowest BCUT2D eigenvalue weighted by atomic mass is 10.1. The molecule has 0 fully saturated rings. The van der Waals surface area contributed by atoms with Gasteiger partial charge in [-0.1, -0.05) is 6.07 Å². The first-order valence-electron chi connectivity index (χ1n) is 8.70. The lowest BCUT2D eigenvalue weighted by Gasteiger charge is -2.15. The number of ether oxygens (including phenoxy) is 3. The summed E-state index contributed by atoms with van der Waals surface area (Å²) >= 11 is 0. The van der Waals surface area contributed by atoms with Crippen LogP contribution in [0.1, 0.15) is 40.1 Å². The van der Waals surface area contributed by atoms with Crippen LogP contribution in [0.15, 0.2) is 41.3 Å². The predicted octanol–water partition coefficient (Wildman–Crippen LogP) is 3.16. The number of methoxy groups -OCH3 is 2. The van der Waals surface area contributed by atoms with Crippen LogP contribution in [-0.2, 0) is 19.5 Å². The predicted molar refractivity (Wildman–Crippen MR) is 107 cm³/mol. The molecule has 0 unspecified atom stereocenters. The van der Waals surface area contributed by atoms with Gasteiger partial charge in [-0.15, -0.1) is 0 Å². The summed E-state index contributed by atoms with van der Waals surface area (Å²) in [5, 5.41) is 0. The van der Waals surface area contributed by atoms with Crippen molar-refractivity contribution in [1.29, 1.82) is 0 Å². The van der Waals surface area contributed by atoms with Crippen LogP contribution in [0.25, 0.3) is 0 Å². The lowest BCUT2D eigenvalue weighted by molar-refractivity contribution is 0.0377. The van der Waals surface area contributed by atoms with Crippen LogP contribution in [0.3, 0.4) is 0 Å². The Balaban J connectivity index is 2.46. The number of esters is 2. The van der Waals surface area contributed by atoms with Gasteiger partial charge in [0.05, 0.1) is 42.0 Å². The number of anilines is 1. The van der Waals surface area contributed by atoms with Gasteiger partial charge in [-0.3, -0.25) is 4.72 Å². The Morgan fingerprint density at radius 3 is 2.17 bits per heavy atom. The van der Waals surface area contributed by atoms with E-state index in [-0.39, 0.29) is 33.6 Å². The molecular formula is C20H23NO7S. The van der Waals surface area contributed by atoms with E-state index in [1.54, 1.807) is 20.8 Å². The number of sulfonamides is 1. The Bertz CT molecular complexity index is 1030. The maximum Gasteiger partial charge on any atom is 0.338 e. The average Bonchev–Trinajstić information content (AvgIpc) is 2.66. The molecule has 0 amide bonds. The summed E-state index contributed by atoms with van der Waals surface area (Å²) in [6, 6.07) is 8.49. The van der Waals surface area contributed by atoms with Crippen molar-refractivity contribution in [2.75, 3.05) is 18.9 Å². The molecule has 0 heterocycles. The van der Waals surface area contributed by atoms with Gasteiger partial charge in [0, 0.05) is 0 Å². The highest BCUT2D eigenvalue weighted by Gasteiger charge is 2.22. The molecule has 8 nitrogen and oxygen atoms in total. The van der Waals surface area contributed by atoms with Gasteiger partial charge in [0.25, 0.3) is 10.0 Å². The summed E-state index contributed by atoms with van der Waals surface area (Å²) in [4.78, 5) is 23.8. The zero-order valence-electron chi connectivity index (χ0n) is 16.8. The van der Waals surface area contributed by atoms with Crippen molar-refractivity contribution in [2.45, 2.75) is 31.8 Å². The highest BCUT2D eigenvalue weighted by molar-refractivity contribution is 7.92. The van der Waals surface area contributed by atoms with Gasteiger partial charge in [-0.25, -0.2) is 18.0 Å². The number of rotatable bonds is 7. The molecule has 0 aliphatic carbocycles. The monoisotopic (exact) mass is 421 g/mol. The highest BCUT2D eigenvalue weighted by Crippen LogP contribution is 2.29. The summed E-state index contributed by atoms with van der Waals surface area (Å²) < 4.78 is 43.4. The van der Waals surface area contributed by atoms with E-state index in [1.165, 1.54) is 50.6 Å². The van der Waals surface area contributed by atoms with Crippen LogP contribution < -0.4 is 9.46 Å². The molecule has 0 atom stereocenters. The summed E-state index contributed by atoms with van der Waals surface area (Å²) in [6.07, 6.45) is -0.326. The molecule has 29 heavy (non-hydrogen) atoms. The molecule has 0 spiro atoms. The molecule has 156 valence electrons. The quantitative estimate of drug-likeness (QED) is 0.684. The molecule has 0 aliphatic rings. The third-order valence-electron chi connectivity index (χ3n) is 3.92. The molecule has 9 heteroatoms. The van der Waals surface area contributed by atoms with E-state index in [9.17, 15) is 18.0 Å². The van der Waals surface area contributed by atoms with Crippen LogP contribution in [-0.4, -0.2) is 40.7 Å². The molecule has 0 aliphatic heterocycles. The zero-order valence-corrected chi connectivity index (χ0v) is 17.6. The molecule has 0 saturated carbocycles. The van der Waals surface area contributed by atoms with E-state index in [1.807, 2.05) is 0 Å². The number of carbonyl (C=O) groups is 2. The molecule has 0 bridgehead atoms. The largest absolute Gasteiger partial charge is 0.495 e. The van der Waals surface area contributed by atoms with E-state index in [0.717, 1.165) is 0 Å². The Hall–Kier alpha value is -3.07. The smallest absolute Gasteiger partial charge is 0.338 e. The summed E-state index contributed by atoms with van der Waals surface area (Å²) in [5.74, 6) is -1.03. The van der Waals surface area contributed by atoms with Crippen LogP contribution in [0.5, 0.6) is 5.75 Å². The average molecular weight is 421 g/mol. The number of carbonyl (C=O) groups excluding carboxylic acids is 2. The third-order valence-corrected chi connectivity index (χ3v) is 5.43. The minimum absolute atomic E-state index is 0.0635. The lowest BCUT2D eigenvalue weighted by Crippen LogP contribution is -2.17. The fourth-order valence-electron chi connectivity index (χ4n) is 2.53. The second-order valence-corrected chi connectivity index (χ2v) is 8.10. The van der Waals surface area contributed by atoms with Gasteiger partial charge < -0.3 is 14.2 Å². The second kappa shape index (κ2) is 8.95. The molecule has 2 aromatic rings. The maximum absolute atomic E-state index is 13.0. The first kappa shape index (κ1) is 22.2. The third kappa shape index (κ3) is 5.26. The van der Waals surface area contributed by atoms with Crippen molar-refractivity contribution >= 4 is 27.6 Å². The number of hydrogen-bond acceptors (Lipinski definition) is 7. The van der Waals surface area contributed by atoms with Crippen molar-refractivity contribution in [3.05, 3.63) is 53.1 Å². The normalized spacial score (nSPS) is 11.1. The Morgan fingerprint density at radius 2 is 1.59 bits per heavy atom.